The zero-order valence-corrected chi connectivity index (χ0v) is 12.1. The van der Waals surface area contributed by atoms with Crippen LogP contribution in [0, 0.1) is 0 Å². The molecule has 1 unspecified atom stereocenters. The van der Waals surface area contributed by atoms with Crippen LogP contribution in [0.25, 0.3) is 0 Å². The van der Waals surface area contributed by atoms with Crippen molar-refractivity contribution >= 4 is 17.6 Å². The van der Waals surface area contributed by atoms with Crippen LogP contribution in [0.5, 0.6) is 0 Å². The molecule has 114 valence electrons. The van der Waals surface area contributed by atoms with Crippen molar-refractivity contribution in [3.63, 3.8) is 0 Å². The lowest BCUT2D eigenvalue weighted by Gasteiger charge is -2.29. The Morgan fingerprint density at radius 1 is 1.29 bits per heavy atom. The third-order valence-corrected chi connectivity index (χ3v) is 3.18. The Morgan fingerprint density at radius 3 is 2.57 bits per heavy atom. The number of hydrogen-bond acceptors (Lipinski definition) is 6. The molecule has 1 aliphatic rings. The summed E-state index contributed by atoms with van der Waals surface area (Å²) in [6.07, 6.45) is 0. The Morgan fingerprint density at radius 2 is 2.00 bits per heavy atom. The maximum absolute atomic E-state index is 12.2. The second-order valence-corrected chi connectivity index (χ2v) is 4.69. The van der Waals surface area contributed by atoms with Gasteiger partial charge in [0.25, 0.3) is 5.91 Å². The Balaban J connectivity index is 1.93. The van der Waals surface area contributed by atoms with Crippen molar-refractivity contribution in [2.45, 2.75) is 13.0 Å². The van der Waals surface area contributed by atoms with Gasteiger partial charge < -0.3 is 20.3 Å². The first kappa shape index (κ1) is 15.2. The van der Waals surface area contributed by atoms with Crippen LogP contribution in [0.15, 0.2) is 12.1 Å². The summed E-state index contributed by atoms with van der Waals surface area (Å²) in [5.74, 6) is 0.152. The number of amides is 2. The van der Waals surface area contributed by atoms with Crippen molar-refractivity contribution in [3.05, 3.63) is 17.8 Å². The lowest BCUT2D eigenvalue weighted by molar-refractivity contribution is -0.135. The molecule has 0 spiro atoms. The maximum atomic E-state index is 12.2. The van der Waals surface area contributed by atoms with Crippen LogP contribution in [-0.4, -0.2) is 66.3 Å². The minimum Gasteiger partial charge on any atom is -0.378 e. The molecule has 2 rings (SSSR count). The van der Waals surface area contributed by atoms with E-state index in [2.05, 4.69) is 20.8 Å². The molecule has 2 N–H and O–H groups in total. The number of ether oxygens (including phenoxy) is 1. The summed E-state index contributed by atoms with van der Waals surface area (Å²) in [5, 5.41) is 13.2. The smallest absolute Gasteiger partial charge is 0.271 e. The normalized spacial score (nSPS) is 16.2. The van der Waals surface area contributed by atoms with E-state index >= 15 is 0 Å². The second kappa shape index (κ2) is 6.98. The number of carbonyl (C=O) groups is 2. The number of anilines is 1. The molecular formula is C13H19N5O3. The predicted octanol–water partition coefficient (Wildman–Crippen LogP) is -0.505. The monoisotopic (exact) mass is 293 g/mol. The average Bonchev–Trinajstić information content (AvgIpc) is 2.55. The summed E-state index contributed by atoms with van der Waals surface area (Å²) < 4.78 is 5.22. The summed E-state index contributed by atoms with van der Waals surface area (Å²) in [4.78, 5) is 25.3. The predicted molar refractivity (Wildman–Crippen MR) is 75.9 cm³/mol. The van der Waals surface area contributed by atoms with E-state index in [1.807, 2.05) is 0 Å². The van der Waals surface area contributed by atoms with Gasteiger partial charge in [-0.3, -0.25) is 9.59 Å². The van der Waals surface area contributed by atoms with Gasteiger partial charge in [0.1, 0.15) is 11.9 Å². The van der Waals surface area contributed by atoms with Crippen LogP contribution in [0.3, 0.4) is 0 Å². The van der Waals surface area contributed by atoms with Gasteiger partial charge in [-0.15, -0.1) is 10.2 Å². The van der Waals surface area contributed by atoms with Crippen LogP contribution < -0.4 is 10.6 Å². The highest BCUT2D eigenvalue weighted by Gasteiger charge is 2.22. The molecule has 0 aromatic carbocycles. The molecule has 8 heteroatoms. The number of nitrogens with one attached hydrogen (secondary N) is 2. The Labute approximate surface area is 122 Å². The largest absolute Gasteiger partial charge is 0.378 e. The van der Waals surface area contributed by atoms with Gasteiger partial charge in [-0.1, -0.05) is 0 Å². The Bertz CT molecular complexity index is 499. The molecule has 21 heavy (non-hydrogen) atoms. The summed E-state index contributed by atoms with van der Waals surface area (Å²) in [7, 11) is 1.53. The Hall–Kier alpha value is -2.22. The molecule has 1 fully saturated rings. The Kier molecular flexibility index (Phi) is 5.04. The first-order chi connectivity index (χ1) is 10.1. The van der Waals surface area contributed by atoms with Crippen LogP contribution in [-0.2, 0) is 9.53 Å². The fraction of sp³-hybridized carbons (Fsp3) is 0.538. The van der Waals surface area contributed by atoms with Gasteiger partial charge >= 0.3 is 0 Å². The molecule has 0 aliphatic carbocycles. The van der Waals surface area contributed by atoms with E-state index in [1.165, 1.54) is 7.05 Å². The number of hydrogen-bond donors (Lipinski definition) is 2. The topological polar surface area (TPSA) is 96.5 Å². The number of morpholine rings is 1. The van der Waals surface area contributed by atoms with E-state index < -0.39 is 6.04 Å². The van der Waals surface area contributed by atoms with Crippen LogP contribution in [0.1, 0.15) is 17.4 Å². The minimum atomic E-state index is -0.414. The fourth-order valence-electron chi connectivity index (χ4n) is 2.00. The van der Waals surface area contributed by atoms with E-state index in [0.717, 1.165) is 0 Å². The number of aromatic nitrogens is 2. The lowest BCUT2D eigenvalue weighted by Crippen LogP contribution is -2.47. The van der Waals surface area contributed by atoms with Crippen molar-refractivity contribution in [1.82, 2.24) is 20.4 Å². The quantitative estimate of drug-likeness (QED) is 0.776. The van der Waals surface area contributed by atoms with E-state index in [1.54, 1.807) is 24.0 Å². The number of nitrogens with zero attached hydrogens (tertiary/aromatic N) is 3. The third kappa shape index (κ3) is 3.88. The highest BCUT2D eigenvalue weighted by Crippen LogP contribution is 2.07. The first-order valence-electron chi connectivity index (χ1n) is 6.80. The fourth-order valence-corrected chi connectivity index (χ4v) is 2.00. The van der Waals surface area contributed by atoms with Gasteiger partial charge in [-0.05, 0) is 19.1 Å². The number of carbonyl (C=O) groups excluding carboxylic acids is 2. The van der Waals surface area contributed by atoms with Gasteiger partial charge in [0.05, 0.1) is 13.2 Å². The van der Waals surface area contributed by atoms with Gasteiger partial charge in [0.2, 0.25) is 5.91 Å². The number of rotatable bonds is 4. The van der Waals surface area contributed by atoms with E-state index in [9.17, 15) is 9.59 Å². The minimum absolute atomic E-state index is 0.00419. The molecule has 1 atom stereocenters. The molecule has 1 aromatic rings. The van der Waals surface area contributed by atoms with Crippen molar-refractivity contribution in [3.8, 4) is 0 Å². The van der Waals surface area contributed by atoms with Crippen LogP contribution in [0.2, 0.25) is 0 Å². The molecule has 1 aliphatic heterocycles. The molecular weight excluding hydrogens is 274 g/mol. The zero-order chi connectivity index (χ0) is 15.2. The van der Waals surface area contributed by atoms with Gasteiger partial charge in [-0.2, -0.15) is 0 Å². The maximum Gasteiger partial charge on any atom is 0.271 e. The highest BCUT2D eigenvalue weighted by atomic mass is 16.5. The summed E-state index contributed by atoms with van der Waals surface area (Å²) >= 11 is 0. The molecule has 1 saturated heterocycles. The lowest BCUT2D eigenvalue weighted by atomic mass is 10.2. The summed E-state index contributed by atoms with van der Waals surface area (Å²) in [5.41, 5.74) is 0.232. The zero-order valence-electron chi connectivity index (χ0n) is 12.1. The molecule has 2 heterocycles. The van der Waals surface area contributed by atoms with E-state index in [0.29, 0.717) is 32.1 Å². The standard InChI is InChI=1S/C13H19N5O3/c1-9(13(20)18-5-7-21-8-6-18)15-11-4-3-10(16-17-11)12(19)14-2/h3-4,9H,5-8H2,1-2H3,(H,14,19)(H,15,17). The van der Waals surface area contributed by atoms with Gasteiger partial charge in [0, 0.05) is 20.1 Å². The molecule has 0 saturated carbocycles. The van der Waals surface area contributed by atoms with Crippen molar-refractivity contribution in [1.29, 1.82) is 0 Å². The van der Waals surface area contributed by atoms with Crippen molar-refractivity contribution in [2.75, 3.05) is 38.7 Å². The van der Waals surface area contributed by atoms with Crippen molar-refractivity contribution < 1.29 is 14.3 Å². The summed E-state index contributed by atoms with van der Waals surface area (Å²) in [6, 6.07) is 2.77. The SMILES string of the molecule is CNC(=O)c1ccc(NC(C)C(=O)N2CCOCC2)nn1. The van der Waals surface area contributed by atoms with Gasteiger partial charge in [0.15, 0.2) is 5.69 Å². The average molecular weight is 293 g/mol. The highest BCUT2D eigenvalue weighted by molar-refractivity contribution is 5.92. The van der Waals surface area contributed by atoms with E-state index in [-0.39, 0.29) is 17.5 Å². The third-order valence-electron chi connectivity index (χ3n) is 3.18. The molecule has 0 bridgehead atoms. The molecule has 2 amide bonds. The molecule has 8 nitrogen and oxygen atoms in total. The van der Waals surface area contributed by atoms with E-state index in [4.69, 9.17) is 4.74 Å². The summed E-state index contributed by atoms with van der Waals surface area (Å²) in [6.45, 7) is 4.11. The second-order valence-electron chi connectivity index (χ2n) is 4.69. The van der Waals surface area contributed by atoms with Crippen LogP contribution in [0.4, 0.5) is 5.82 Å². The van der Waals surface area contributed by atoms with Gasteiger partial charge in [-0.25, -0.2) is 0 Å². The van der Waals surface area contributed by atoms with Crippen molar-refractivity contribution in [2.24, 2.45) is 0 Å². The van der Waals surface area contributed by atoms with Crippen LogP contribution >= 0.6 is 0 Å². The first-order valence-corrected chi connectivity index (χ1v) is 6.80. The molecule has 1 aromatic heterocycles. The molecule has 0 radical (unpaired) electrons.